The largest absolute Gasteiger partial charge is 0.0119 e. The molecule has 0 spiro atoms. The molecule has 0 saturated carbocycles. The Morgan fingerprint density at radius 1 is 1.16 bits per heavy atom. The number of rotatable bonds is 9. The molecule has 31 heavy (non-hydrogen) atoms. The van der Waals surface area contributed by atoms with E-state index in [0.717, 1.165) is 62.5 Å². The van der Waals surface area contributed by atoms with Gasteiger partial charge in [-0.05, 0) is 0 Å². The van der Waals surface area contributed by atoms with Gasteiger partial charge in [-0.2, -0.15) is 0 Å². The van der Waals surface area contributed by atoms with Crippen molar-refractivity contribution in [3.8, 4) is 29.7 Å². The van der Waals surface area contributed by atoms with E-state index in [1.807, 2.05) is 18.2 Å². The zero-order chi connectivity index (χ0) is 21.5. The van der Waals surface area contributed by atoms with Crippen LogP contribution in [0.25, 0.3) is 10.9 Å². The van der Waals surface area contributed by atoms with Crippen LogP contribution in [-0.4, -0.2) is 99.2 Å². The van der Waals surface area contributed by atoms with Crippen LogP contribution < -0.4 is 17.5 Å². The summed E-state index contributed by atoms with van der Waals surface area (Å²) in [6.07, 6.45) is 9.82. The summed E-state index contributed by atoms with van der Waals surface area (Å²) in [4.78, 5) is 13.5. The second-order valence-corrected chi connectivity index (χ2v) is 10.2. The number of hydrogen-bond acceptors (Lipinski definition) is 8. The van der Waals surface area contributed by atoms with Crippen molar-refractivity contribution >= 4 is 37.4 Å². The molecule has 2 aliphatic rings. The van der Waals surface area contributed by atoms with Gasteiger partial charge in [-0.3, -0.25) is 4.90 Å². The van der Waals surface area contributed by atoms with E-state index >= 15 is 0 Å². The number of aromatic nitrogens is 2. The minimum absolute atomic E-state index is 0.510. The van der Waals surface area contributed by atoms with Crippen LogP contribution in [0.4, 0.5) is 0 Å². The fraction of sp³-hybridized carbons (Fsp3) is 0.409. The Labute approximate surface area is 193 Å². The van der Waals surface area contributed by atoms with E-state index in [9.17, 15) is 0 Å². The Kier molecular flexibility index (Phi) is 7.67. The monoisotopic (exact) mass is 523 g/mol. The molecule has 0 atom stereocenters. The Balaban J connectivity index is 1.35. The second-order valence-electron chi connectivity index (χ2n) is 7.36. The Morgan fingerprint density at radius 3 is 2.74 bits per heavy atom. The first-order valence-corrected chi connectivity index (χ1v) is 14.0. The fourth-order valence-electron chi connectivity index (χ4n) is 3.65. The first-order chi connectivity index (χ1) is 15.3. The number of benzene rings is 1. The molecule has 1 aromatic heterocycles. The third-order valence-corrected chi connectivity index (χ3v) is 7.70. The normalized spacial score (nSPS) is 16.3. The quantitative estimate of drug-likeness (QED) is 0.385. The average Bonchev–Trinajstić information content (AvgIpc) is 3.31. The van der Waals surface area contributed by atoms with Crippen LogP contribution in [0.5, 0.6) is 17.4 Å². The summed E-state index contributed by atoms with van der Waals surface area (Å²) in [5.74, 6) is 5.31. The zero-order valence-corrected chi connectivity index (χ0v) is 21.0. The number of ether oxygens (including phenoxy) is 3. The molecule has 1 fully saturated rings. The van der Waals surface area contributed by atoms with Crippen molar-refractivity contribution in [3.05, 3.63) is 30.4 Å². The molecule has 2 aliphatic heterocycles. The van der Waals surface area contributed by atoms with Gasteiger partial charge in [0.2, 0.25) is 0 Å². The fourth-order valence-corrected chi connectivity index (χ4v) is 5.61. The number of allylic oxidation sites excluding steroid dienone is 1. The molecule has 3 heterocycles. The standard InChI is InChI=1S/C22H26N5O3.In/c1-4-7-26-9-11-27(12-10-26)8-6-13-29-20-15-18-17(14-19(20)28-3)22(25-16-24-18)30-21(23)5-2;/h1-2,5,14-16,23H,6-13H2,3H3;/q-1;+1. The molecule has 0 unspecified atom stereocenters. The van der Waals surface area contributed by atoms with Crippen molar-refractivity contribution in [3.63, 3.8) is 0 Å². The molecule has 0 amide bonds. The maximum absolute atomic E-state index is 6.05. The molecule has 8 nitrogen and oxygen atoms in total. The molecular formula is C22H26InN5O3. The predicted molar refractivity (Wildman–Crippen MR) is 122 cm³/mol. The van der Waals surface area contributed by atoms with Crippen LogP contribution in [0, 0.1) is 12.3 Å². The molecule has 4 rings (SSSR count). The SMILES string of the molecule is C#CCN1CCN(CCCOc2cc3ncnc(OC4=C[CH]=[In][NH]4)c3cc2OC)CC1. The van der Waals surface area contributed by atoms with Gasteiger partial charge in [0.15, 0.2) is 0 Å². The maximum Gasteiger partial charge on any atom is 0.0119 e. The molecule has 0 aliphatic carbocycles. The van der Waals surface area contributed by atoms with Gasteiger partial charge < -0.3 is 4.90 Å². The summed E-state index contributed by atoms with van der Waals surface area (Å²) < 4.78 is 23.0. The van der Waals surface area contributed by atoms with Crippen LogP contribution in [0.2, 0.25) is 0 Å². The van der Waals surface area contributed by atoms with Gasteiger partial charge in [0, 0.05) is 26.2 Å². The van der Waals surface area contributed by atoms with Crippen molar-refractivity contribution in [2.45, 2.75) is 6.42 Å². The molecule has 2 aromatic rings. The van der Waals surface area contributed by atoms with Crippen LogP contribution >= 0.6 is 0 Å². The van der Waals surface area contributed by atoms with Gasteiger partial charge in [-0.25, -0.2) is 0 Å². The van der Waals surface area contributed by atoms with Gasteiger partial charge in [0.05, 0.1) is 6.54 Å². The molecule has 0 bridgehead atoms. The van der Waals surface area contributed by atoms with E-state index in [1.54, 1.807) is 7.11 Å². The number of nitrogens with zero attached hydrogens (tertiary/aromatic N) is 4. The molecular weight excluding hydrogens is 497 g/mol. The van der Waals surface area contributed by atoms with Crippen LogP contribution in [-0.2, 0) is 0 Å². The van der Waals surface area contributed by atoms with E-state index in [-0.39, 0.29) is 0 Å². The van der Waals surface area contributed by atoms with Crippen molar-refractivity contribution in [1.29, 1.82) is 0 Å². The smallest absolute Gasteiger partial charge is 0.0110 e. The zero-order valence-electron chi connectivity index (χ0n) is 17.7. The molecule has 1 aromatic carbocycles. The van der Waals surface area contributed by atoms with E-state index in [0.29, 0.717) is 24.0 Å². The summed E-state index contributed by atoms with van der Waals surface area (Å²) in [5.41, 5.74) is 0.759. The van der Waals surface area contributed by atoms with Crippen molar-refractivity contribution < 1.29 is 14.2 Å². The maximum atomic E-state index is 6.05. The first kappa shape index (κ1) is 21.9. The molecule has 160 valence electrons. The van der Waals surface area contributed by atoms with Crippen molar-refractivity contribution in [2.75, 3.05) is 53.0 Å². The van der Waals surface area contributed by atoms with E-state index in [1.165, 1.54) is 6.33 Å². The number of piperazine rings is 1. The Hall–Kier alpha value is -2.28. The second kappa shape index (κ2) is 10.8. The summed E-state index contributed by atoms with van der Waals surface area (Å²) in [7, 11) is 1.64. The molecule has 0 radical (unpaired) electrons. The summed E-state index contributed by atoms with van der Waals surface area (Å²) in [6.45, 7) is 6.51. The number of hydrogen-bond donors (Lipinski definition) is 1. The minimum atomic E-state index is -0.836. The topological polar surface area (TPSA) is 72.0 Å². The first-order valence-electron chi connectivity index (χ1n) is 10.4. The van der Waals surface area contributed by atoms with Crippen LogP contribution in [0.15, 0.2) is 30.4 Å². The predicted octanol–water partition coefficient (Wildman–Crippen LogP) is 0.903. The average molecular weight is 523 g/mol. The molecule has 1 saturated heterocycles. The van der Waals surface area contributed by atoms with Gasteiger partial charge in [-0.15, -0.1) is 6.42 Å². The third kappa shape index (κ3) is 5.70. The van der Waals surface area contributed by atoms with Gasteiger partial charge >= 0.3 is 139 Å². The van der Waals surface area contributed by atoms with Gasteiger partial charge in [0.1, 0.15) is 0 Å². The Morgan fingerprint density at radius 2 is 2.00 bits per heavy atom. The third-order valence-electron chi connectivity index (χ3n) is 5.32. The molecule has 9 heteroatoms. The number of fused-ring (bicyclic) bond motifs is 1. The summed E-state index contributed by atoms with van der Waals surface area (Å²) >= 11 is -0.836. The van der Waals surface area contributed by atoms with Crippen LogP contribution in [0.3, 0.4) is 0 Å². The van der Waals surface area contributed by atoms with E-state index in [2.05, 4.69) is 32.8 Å². The van der Waals surface area contributed by atoms with Gasteiger partial charge in [0.25, 0.3) is 0 Å². The molecule has 1 N–H and O–H groups in total. The van der Waals surface area contributed by atoms with Crippen molar-refractivity contribution in [2.24, 2.45) is 0 Å². The number of nitrogens with one attached hydrogen (secondary N) is 1. The number of methoxy groups -OCH3 is 1. The van der Waals surface area contributed by atoms with Crippen LogP contribution in [0.1, 0.15) is 6.42 Å². The summed E-state index contributed by atoms with van der Waals surface area (Å²) in [5, 5.41) is 0.791. The van der Waals surface area contributed by atoms with Gasteiger partial charge in [-0.1, -0.05) is 5.92 Å². The van der Waals surface area contributed by atoms with Crippen molar-refractivity contribution in [1.82, 2.24) is 23.1 Å². The Bertz CT molecular complexity index is 1010. The van der Waals surface area contributed by atoms with E-state index < -0.39 is 22.7 Å². The summed E-state index contributed by atoms with van der Waals surface area (Å²) in [6, 6.07) is 3.77. The van der Waals surface area contributed by atoms with E-state index in [4.69, 9.17) is 20.6 Å². The number of terminal acetylenes is 1. The minimum Gasteiger partial charge on any atom is 0.0110 e.